The average molecular weight is 154 g/mol. The molecule has 1 aromatic rings. The summed E-state index contributed by atoms with van der Waals surface area (Å²) in [5.74, 6) is 5.24. The summed E-state index contributed by atoms with van der Waals surface area (Å²) < 4.78 is 0. The highest BCUT2D eigenvalue weighted by atomic mass is 17.3. The van der Waals surface area contributed by atoms with Gasteiger partial charge in [0.15, 0.2) is 5.75 Å². The van der Waals surface area contributed by atoms with E-state index in [1.807, 2.05) is 6.92 Å². The highest BCUT2D eigenvalue weighted by Crippen LogP contribution is 2.17. The van der Waals surface area contributed by atoms with Crippen LogP contribution in [0.2, 0.25) is 0 Å². The van der Waals surface area contributed by atoms with Crippen molar-refractivity contribution in [3.8, 4) is 5.75 Å². The molecule has 0 saturated heterocycles. The van der Waals surface area contributed by atoms with Gasteiger partial charge in [-0.25, -0.2) is 0 Å². The highest BCUT2D eigenvalue weighted by molar-refractivity contribution is 5.49. The van der Waals surface area contributed by atoms with Crippen LogP contribution in [0.25, 0.3) is 0 Å². The van der Waals surface area contributed by atoms with Crippen molar-refractivity contribution >= 4 is 5.69 Å². The van der Waals surface area contributed by atoms with E-state index in [4.69, 9.17) is 11.6 Å². The maximum atomic E-state index is 5.56. The predicted octanol–water partition coefficient (Wildman–Crippen LogP) is 0.761. The van der Waals surface area contributed by atoms with Gasteiger partial charge in [0, 0.05) is 5.69 Å². The minimum absolute atomic E-state index is 0.541. The van der Waals surface area contributed by atoms with E-state index in [9.17, 15) is 0 Å². The quantitative estimate of drug-likeness (QED) is 0.375. The molecule has 0 aromatic heterocycles. The lowest BCUT2D eigenvalue weighted by molar-refractivity contribution is -0.211. The fourth-order valence-electron chi connectivity index (χ4n) is 0.756. The monoisotopic (exact) mass is 154 g/mol. The van der Waals surface area contributed by atoms with E-state index in [1.54, 1.807) is 18.2 Å². The van der Waals surface area contributed by atoms with Crippen molar-refractivity contribution in [3.63, 3.8) is 0 Å². The Labute approximate surface area is 64.6 Å². The molecule has 0 aliphatic rings. The second-order valence-corrected chi connectivity index (χ2v) is 2.20. The molecule has 0 aliphatic heterocycles. The highest BCUT2D eigenvalue weighted by Gasteiger charge is 1.96. The Morgan fingerprint density at radius 3 is 2.64 bits per heavy atom. The number of rotatable bonds is 2. The number of anilines is 1. The van der Waals surface area contributed by atoms with Crippen LogP contribution >= 0.6 is 0 Å². The summed E-state index contributed by atoms with van der Waals surface area (Å²) in [5, 5.41) is 0. The Morgan fingerprint density at radius 2 is 2.09 bits per heavy atom. The first-order chi connectivity index (χ1) is 5.24. The number of nitrogen functional groups attached to an aromatic ring is 1. The van der Waals surface area contributed by atoms with E-state index < -0.39 is 0 Å². The zero-order valence-corrected chi connectivity index (χ0v) is 6.20. The number of benzene rings is 1. The molecular weight excluding hydrogens is 144 g/mol. The molecule has 0 spiro atoms. The van der Waals surface area contributed by atoms with E-state index in [0.29, 0.717) is 5.75 Å². The summed E-state index contributed by atoms with van der Waals surface area (Å²) in [7, 11) is 0. The van der Waals surface area contributed by atoms with E-state index in [-0.39, 0.29) is 0 Å². The predicted molar refractivity (Wildman–Crippen MR) is 41.5 cm³/mol. The molecule has 1 aromatic carbocycles. The molecule has 0 radical (unpaired) electrons. The van der Waals surface area contributed by atoms with Crippen LogP contribution in [-0.2, 0) is 4.99 Å². The molecule has 4 N–H and O–H groups in total. The van der Waals surface area contributed by atoms with E-state index in [0.717, 1.165) is 11.3 Å². The van der Waals surface area contributed by atoms with Crippen molar-refractivity contribution < 1.29 is 9.88 Å². The molecule has 0 bridgehead atoms. The molecule has 1 rings (SSSR count). The van der Waals surface area contributed by atoms with Crippen LogP contribution < -0.4 is 16.5 Å². The molecule has 0 fully saturated rings. The Balaban J connectivity index is 2.86. The van der Waals surface area contributed by atoms with Gasteiger partial charge in [0.1, 0.15) is 0 Å². The molecule has 4 nitrogen and oxygen atoms in total. The van der Waals surface area contributed by atoms with Gasteiger partial charge in [0.25, 0.3) is 0 Å². The summed E-state index contributed by atoms with van der Waals surface area (Å²) in [4.78, 5) is 8.55. The molecule has 0 heterocycles. The van der Waals surface area contributed by atoms with Crippen molar-refractivity contribution in [2.75, 3.05) is 5.73 Å². The molecule has 0 amide bonds. The molecule has 60 valence electrons. The molecule has 11 heavy (non-hydrogen) atoms. The topological polar surface area (TPSA) is 70.5 Å². The number of hydrogen-bond donors (Lipinski definition) is 2. The van der Waals surface area contributed by atoms with Gasteiger partial charge in [-0.05, 0) is 30.7 Å². The van der Waals surface area contributed by atoms with Crippen LogP contribution in [0.3, 0.4) is 0 Å². The van der Waals surface area contributed by atoms with Crippen LogP contribution in [0.4, 0.5) is 5.69 Å². The summed E-state index contributed by atoms with van der Waals surface area (Å²) in [5.41, 5.74) is 7.20. The van der Waals surface area contributed by atoms with Crippen molar-refractivity contribution in [2.24, 2.45) is 5.90 Å². The standard InChI is InChI=1S/C7H10N2O2/c1-5-4-6(10-11-9)2-3-7(5)8/h2-4H,8-9H2,1H3. The number of hydrogen-bond acceptors (Lipinski definition) is 4. The van der Waals surface area contributed by atoms with Gasteiger partial charge >= 0.3 is 0 Å². The first-order valence-corrected chi connectivity index (χ1v) is 3.13. The minimum atomic E-state index is 0.541. The number of aryl methyl sites for hydroxylation is 1. The van der Waals surface area contributed by atoms with E-state index >= 15 is 0 Å². The normalized spacial score (nSPS) is 9.64. The first-order valence-electron chi connectivity index (χ1n) is 3.13. The van der Waals surface area contributed by atoms with Crippen molar-refractivity contribution in [1.29, 1.82) is 0 Å². The van der Waals surface area contributed by atoms with Gasteiger partial charge in [0.05, 0.1) is 0 Å². The second kappa shape index (κ2) is 3.23. The summed E-state index contributed by atoms with van der Waals surface area (Å²) in [6.45, 7) is 1.87. The molecule has 4 heteroatoms. The van der Waals surface area contributed by atoms with Crippen LogP contribution in [0.5, 0.6) is 5.75 Å². The third-order valence-corrected chi connectivity index (χ3v) is 1.39. The minimum Gasteiger partial charge on any atom is -0.399 e. The van der Waals surface area contributed by atoms with Gasteiger partial charge in [0.2, 0.25) is 0 Å². The largest absolute Gasteiger partial charge is 0.399 e. The Bertz CT molecular complexity index is 250. The van der Waals surface area contributed by atoms with Gasteiger partial charge in [-0.2, -0.15) is 5.90 Å². The summed E-state index contributed by atoms with van der Waals surface area (Å²) in [6, 6.07) is 5.14. The average Bonchev–Trinajstić information content (AvgIpc) is 1.98. The second-order valence-electron chi connectivity index (χ2n) is 2.20. The van der Waals surface area contributed by atoms with E-state index in [1.165, 1.54) is 0 Å². The molecular formula is C7H10N2O2. The SMILES string of the molecule is Cc1cc(OON)ccc1N. The Hall–Kier alpha value is -1.26. The van der Waals surface area contributed by atoms with Crippen LogP contribution in [-0.4, -0.2) is 0 Å². The van der Waals surface area contributed by atoms with Crippen LogP contribution in [0.15, 0.2) is 18.2 Å². The zero-order chi connectivity index (χ0) is 8.27. The lowest BCUT2D eigenvalue weighted by Gasteiger charge is -2.02. The fourth-order valence-corrected chi connectivity index (χ4v) is 0.756. The Morgan fingerprint density at radius 1 is 1.36 bits per heavy atom. The maximum absolute atomic E-state index is 5.56. The van der Waals surface area contributed by atoms with E-state index in [2.05, 4.69) is 9.88 Å². The summed E-state index contributed by atoms with van der Waals surface area (Å²) in [6.07, 6.45) is 0. The van der Waals surface area contributed by atoms with Crippen molar-refractivity contribution in [3.05, 3.63) is 23.8 Å². The first kappa shape index (κ1) is 7.84. The Kier molecular flexibility index (Phi) is 2.30. The van der Waals surface area contributed by atoms with Crippen LogP contribution in [0.1, 0.15) is 5.56 Å². The third kappa shape index (κ3) is 1.83. The molecule has 0 saturated carbocycles. The smallest absolute Gasteiger partial charge is 0.167 e. The van der Waals surface area contributed by atoms with Crippen LogP contribution in [0, 0.1) is 6.92 Å². The fraction of sp³-hybridized carbons (Fsp3) is 0.143. The van der Waals surface area contributed by atoms with Gasteiger partial charge in [-0.3, -0.25) is 0 Å². The summed E-state index contributed by atoms with van der Waals surface area (Å²) >= 11 is 0. The van der Waals surface area contributed by atoms with Crippen molar-refractivity contribution in [1.82, 2.24) is 0 Å². The molecule has 0 atom stereocenters. The zero-order valence-electron chi connectivity index (χ0n) is 6.20. The molecule has 0 aliphatic carbocycles. The van der Waals surface area contributed by atoms with Gasteiger partial charge < -0.3 is 10.6 Å². The lowest BCUT2D eigenvalue weighted by Crippen LogP contribution is -2.03. The van der Waals surface area contributed by atoms with Gasteiger partial charge in [-0.15, -0.1) is 0 Å². The number of nitrogens with two attached hydrogens (primary N) is 2. The molecule has 0 unspecified atom stereocenters. The van der Waals surface area contributed by atoms with Gasteiger partial charge in [-0.1, -0.05) is 4.99 Å². The lowest BCUT2D eigenvalue weighted by atomic mass is 10.2. The maximum Gasteiger partial charge on any atom is 0.167 e. The van der Waals surface area contributed by atoms with Crippen molar-refractivity contribution in [2.45, 2.75) is 6.92 Å². The third-order valence-electron chi connectivity index (χ3n) is 1.39.